The molecular formula is C16H21N3. The van der Waals surface area contributed by atoms with Crippen molar-refractivity contribution in [2.24, 2.45) is 0 Å². The first-order valence-corrected chi connectivity index (χ1v) is 6.40. The molecule has 0 aliphatic carbocycles. The number of hydrogen-bond donors (Lipinski definition) is 1. The fourth-order valence-electron chi connectivity index (χ4n) is 2.11. The standard InChI is InChI=1S/C16H21N3/c1-18(2)14-9-10-16(15(17)11-14)19(3)12-13-7-5-4-6-8-13/h4-11H,12,17H2,1-3H3. The SMILES string of the molecule is CN(C)c1ccc(N(C)Cc2ccccc2)c(N)c1. The Kier molecular flexibility index (Phi) is 3.95. The number of anilines is 3. The lowest BCUT2D eigenvalue weighted by Gasteiger charge is -2.23. The van der Waals surface area contributed by atoms with E-state index in [-0.39, 0.29) is 0 Å². The molecule has 0 unspecified atom stereocenters. The van der Waals surface area contributed by atoms with Crippen LogP contribution in [0.2, 0.25) is 0 Å². The zero-order chi connectivity index (χ0) is 13.8. The van der Waals surface area contributed by atoms with Gasteiger partial charge in [-0.2, -0.15) is 0 Å². The molecule has 2 aromatic carbocycles. The van der Waals surface area contributed by atoms with Gasteiger partial charge in [-0.15, -0.1) is 0 Å². The zero-order valence-electron chi connectivity index (χ0n) is 11.8. The molecule has 0 aromatic heterocycles. The summed E-state index contributed by atoms with van der Waals surface area (Å²) < 4.78 is 0. The summed E-state index contributed by atoms with van der Waals surface area (Å²) >= 11 is 0. The molecule has 0 fully saturated rings. The van der Waals surface area contributed by atoms with Crippen molar-refractivity contribution in [1.82, 2.24) is 0 Å². The van der Waals surface area contributed by atoms with Gasteiger partial charge in [-0.05, 0) is 23.8 Å². The average Bonchev–Trinajstić information content (AvgIpc) is 2.39. The highest BCUT2D eigenvalue weighted by Crippen LogP contribution is 2.27. The summed E-state index contributed by atoms with van der Waals surface area (Å²) in [5, 5.41) is 0. The molecule has 0 atom stereocenters. The Bertz CT molecular complexity index is 535. The third kappa shape index (κ3) is 3.19. The van der Waals surface area contributed by atoms with E-state index in [1.54, 1.807) is 0 Å². The van der Waals surface area contributed by atoms with E-state index in [2.05, 4.69) is 53.2 Å². The van der Waals surface area contributed by atoms with Crippen LogP contribution in [0.15, 0.2) is 48.5 Å². The lowest BCUT2D eigenvalue weighted by atomic mass is 10.2. The molecule has 3 nitrogen and oxygen atoms in total. The maximum Gasteiger partial charge on any atom is 0.0601 e. The molecule has 0 saturated heterocycles. The molecule has 2 rings (SSSR count). The largest absolute Gasteiger partial charge is 0.397 e. The maximum absolute atomic E-state index is 6.15. The van der Waals surface area contributed by atoms with E-state index in [4.69, 9.17) is 5.73 Å². The van der Waals surface area contributed by atoms with E-state index in [1.807, 2.05) is 26.2 Å². The van der Waals surface area contributed by atoms with Crippen molar-refractivity contribution in [3.63, 3.8) is 0 Å². The highest BCUT2D eigenvalue weighted by Gasteiger charge is 2.07. The van der Waals surface area contributed by atoms with Gasteiger partial charge in [-0.1, -0.05) is 30.3 Å². The van der Waals surface area contributed by atoms with Gasteiger partial charge in [0.15, 0.2) is 0 Å². The Morgan fingerprint density at radius 3 is 2.21 bits per heavy atom. The Balaban J connectivity index is 2.17. The van der Waals surface area contributed by atoms with Crippen LogP contribution in [0.1, 0.15) is 5.56 Å². The molecule has 2 aromatic rings. The Morgan fingerprint density at radius 2 is 1.63 bits per heavy atom. The number of nitrogens with two attached hydrogens (primary N) is 1. The van der Waals surface area contributed by atoms with Crippen molar-refractivity contribution < 1.29 is 0 Å². The molecule has 100 valence electrons. The van der Waals surface area contributed by atoms with Crippen molar-refractivity contribution in [2.75, 3.05) is 36.7 Å². The molecule has 0 heterocycles. The first-order chi connectivity index (χ1) is 9.08. The van der Waals surface area contributed by atoms with Gasteiger partial charge in [-0.3, -0.25) is 0 Å². The van der Waals surface area contributed by atoms with Gasteiger partial charge in [0.05, 0.1) is 11.4 Å². The van der Waals surface area contributed by atoms with E-state index in [9.17, 15) is 0 Å². The van der Waals surface area contributed by atoms with Crippen LogP contribution in [0.25, 0.3) is 0 Å². The van der Waals surface area contributed by atoms with Crippen molar-refractivity contribution in [2.45, 2.75) is 6.54 Å². The molecule has 3 heteroatoms. The summed E-state index contributed by atoms with van der Waals surface area (Å²) in [7, 11) is 6.10. The third-order valence-corrected chi connectivity index (χ3v) is 3.20. The maximum atomic E-state index is 6.15. The molecule has 0 spiro atoms. The normalized spacial score (nSPS) is 10.3. The average molecular weight is 255 g/mol. The van der Waals surface area contributed by atoms with E-state index < -0.39 is 0 Å². The molecule has 0 radical (unpaired) electrons. The molecule has 0 bridgehead atoms. The summed E-state index contributed by atoms with van der Waals surface area (Å²) in [6.45, 7) is 0.854. The van der Waals surface area contributed by atoms with Crippen LogP contribution in [-0.4, -0.2) is 21.1 Å². The lowest BCUT2D eigenvalue weighted by Crippen LogP contribution is -2.18. The minimum Gasteiger partial charge on any atom is -0.397 e. The zero-order valence-corrected chi connectivity index (χ0v) is 11.8. The van der Waals surface area contributed by atoms with E-state index >= 15 is 0 Å². The number of benzene rings is 2. The van der Waals surface area contributed by atoms with Gasteiger partial charge in [0.25, 0.3) is 0 Å². The lowest BCUT2D eigenvalue weighted by molar-refractivity contribution is 0.924. The van der Waals surface area contributed by atoms with Crippen LogP contribution in [0.4, 0.5) is 17.1 Å². The molecule has 0 saturated carbocycles. The molecular weight excluding hydrogens is 234 g/mol. The number of hydrogen-bond acceptors (Lipinski definition) is 3. The van der Waals surface area contributed by atoms with Gasteiger partial charge in [0.2, 0.25) is 0 Å². The monoisotopic (exact) mass is 255 g/mol. The first-order valence-electron chi connectivity index (χ1n) is 6.40. The molecule has 19 heavy (non-hydrogen) atoms. The minimum atomic E-state index is 0.810. The smallest absolute Gasteiger partial charge is 0.0601 e. The topological polar surface area (TPSA) is 32.5 Å². The van der Waals surface area contributed by atoms with Crippen LogP contribution in [0, 0.1) is 0 Å². The fourth-order valence-corrected chi connectivity index (χ4v) is 2.11. The van der Waals surface area contributed by atoms with Crippen molar-refractivity contribution in [3.8, 4) is 0 Å². The quantitative estimate of drug-likeness (QED) is 0.853. The number of nitrogen functional groups attached to an aromatic ring is 1. The second-order valence-corrected chi connectivity index (χ2v) is 4.98. The molecule has 2 N–H and O–H groups in total. The highest BCUT2D eigenvalue weighted by molar-refractivity contribution is 5.72. The van der Waals surface area contributed by atoms with Gasteiger partial charge in [0, 0.05) is 33.4 Å². The Labute approximate surface area is 115 Å². The summed E-state index contributed by atoms with van der Waals surface area (Å²) in [6.07, 6.45) is 0. The summed E-state index contributed by atoms with van der Waals surface area (Å²) in [6, 6.07) is 16.6. The molecule has 0 aliphatic heterocycles. The predicted octanol–water partition coefficient (Wildman–Crippen LogP) is 2.97. The van der Waals surface area contributed by atoms with Crippen molar-refractivity contribution in [3.05, 3.63) is 54.1 Å². The van der Waals surface area contributed by atoms with E-state index in [0.717, 1.165) is 23.6 Å². The Morgan fingerprint density at radius 1 is 0.947 bits per heavy atom. The minimum absolute atomic E-state index is 0.810. The van der Waals surface area contributed by atoms with Crippen molar-refractivity contribution in [1.29, 1.82) is 0 Å². The van der Waals surface area contributed by atoms with Crippen LogP contribution in [-0.2, 0) is 6.54 Å². The van der Waals surface area contributed by atoms with Gasteiger partial charge >= 0.3 is 0 Å². The van der Waals surface area contributed by atoms with Crippen LogP contribution >= 0.6 is 0 Å². The summed E-state index contributed by atoms with van der Waals surface area (Å²) in [5.74, 6) is 0. The van der Waals surface area contributed by atoms with Crippen LogP contribution in [0.3, 0.4) is 0 Å². The number of nitrogens with zero attached hydrogens (tertiary/aromatic N) is 2. The molecule has 0 amide bonds. The van der Waals surface area contributed by atoms with E-state index in [1.165, 1.54) is 5.56 Å². The third-order valence-electron chi connectivity index (χ3n) is 3.20. The Hall–Kier alpha value is -2.16. The summed E-state index contributed by atoms with van der Waals surface area (Å²) in [5.41, 5.74) is 10.4. The second kappa shape index (κ2) is 5.65. The van der Waals surface area contributed by atoms with Gasteiger partial charge in [-0.25, -0.2) is 0 Å². The van der Waals surface area contributed by atoms with Gasteiger partial charge < -0.3 is 15.5 Å². The first kappa shape index (κ1) is 13.3. The second-order valence-electron chi connectivity index (χ2n) is 4.98. The van der Waals surface area contributed by atoms with E-state index in [0.29, 0.717) is 0 Å². The van der Waals surface area contributed by atoms with Crippen LogP contribution < -0.4 is 15.5 Å². The van der Waals surface area contributed by atoms with Crippen LogP contribution in [0.5, 0.6) is 0 Å². The van der Waals surface area contributed by atoms with Gasteiger partial charge in [0.1, 0.15) is 0 Å². The fraction of sp³-hybridized carbons (Fsp3) is 0.250. The highest BCUT2D eigenvalue weighted by atomic mass is 15.1. The summed E-state index contributed by atoms with van der Waals surface area (Å²) in [4.78, 5) is 4.22. The number of rotatable bonds is 4. The van der Waals surface area contributed by atoms with Crippen molar-refractivity contribution >= 4 is 17.1 Å². The predicted molar refractivity (Wildman–Crippen MR) is 83.7 cm³/mol. The molecule has 0 aliphatic rings.